The van der Waals surface area contributed by atoms with Gasteiger partial charge in [0, 0.05) is 15.8 Å². The van der Waals surface area contributed by atoms with Gasteiger partial charge >= 0.3 is 0 Å². The van der Waals surface area contributed by atoms with E-state index >= 15 is 0 Å². The molecule has 0 saturated heterocycles. The molecule has 1 nitrogen and oxygen atoms in total. The zero-order chi connectivity index (χ0) is 14.0. The SMILES string of the molecule is CCNC(c1cc(C)c(C)s1)C1CC(C)CC(C)C1. The standard InChI is InChI=1S/C17H29NS/c1-6-18-17(16-10-13(4)14(5)19-16)15-8-11(2)7-12(3)9-15/h10-12,15,17-18H,6-9H2,1-5H3. The fourth-order valence-corrected chi connectivity index (χ4v) is 4.97. The molecule has 0 bridgehead atoms. The molecule has 1 aliphatic rings. The Hall–Kier alpha value is -0.340. The first-order chi connectivity index (χ1) is 9.01. The van der Waals surface area contributed by atoms with Gasteiger partial charge in [0.2, 0.25) is 0 Å². The van der Waals surface area contributed by atoms with Crippen LogP contribution < -0.4 is 5.32 Å². The van der Waals surface area contributed by atoms with E-state index in [9.17, 15) is 0 Å². The molecule has 1 fully saturated rings. The van der Waals surface area contributed by atoms with Crippen molar-refractivity contribution in [2.45, 2.75) is 59.9 Å². The van der Waals surface area contributed by atoms with E-state index in [1.165, 1.54) is 29.7 Å². The number of hydrogen-bond donors (Lipinski definition) is 1. The first-order valence-corrected chi connectivity index (χ1v) is 8.63. The van der Waals surface area contributed by atoms with Gasteiger partial charge < -0.3 is 5.32 Å². The summed E-state index contributed by atoms with van der Waals surface area (Å²) in [5, 5.41) is 3.76. The topological polar surface area (TPSA) is 12.0 Å². The Labute approximate surface area is 122 Å². The van der Waals surface area contributed by atoms with Crippen molar-refractivity contribution in [3.8, 4) is 0 Å². The summed E-state index contributed by atoms with van der Waals surface area (Å²) >= 11 is 2.00. The quantitative estimate of drug-likeness (QED) is 0.809. The molecule has 1 aliphatic carbocycles. The van der Waals surface area contributed by atoms with Crippen molar-refractivity contribution in [1.82, 2.24) is 5.32 Å². The van der Waals surface area contributed by atoms with Crippen molar-refractivity contribution in [2.75, 3.05) is 6.54 Å². The molecular weight excluding hydrogens is 250 g/mol. The summed E-state index contributed by atoms with van der Waals surface area (Å²) in [6, 6.07) is 2.99. The van der Waals surface area contributed by atoms with E-state index < -0.39 is 0 Å². The van der Waals surface area contributed by atoms with E-state index in [-0.39, 0.29) is 0 Å². The molecule has 0 aromatic carbocycles. The van der Waals surface area contributed by atoms with Crippen LogP contribution in [0.3, 0.4) is 0 Å². The van der Waals surface area contributed by atoms with Gasteiger partial charge in [-0.25, -0.2) is 0 Å². The van der Waals surface area contributed by atoms with E-state index in [1.807, 2.05) is 11.3 Å². The lowest BCUT2D eigenvalue weighted by Crippen LogP contribution is -2.32. The maximum absolute atomic E-state index is 3.76. The first kappa shape index (κ1) is 15.1. The lowest BCUT2D eigenvalue weighted by molar-refractivity contribution is 0.179. The van der Waals surface area contributed by atoms with Crippen LogP contribution in [0.1, 0.15) is 61.4 Å². The average molecular weight is 279 g/mol. The summed E-state index contributed by atoms with van der Waals surface area (Å²) in [5.74, 6) is 2.59. The molecule has 19 heavy (non-hydrogen) atoms. The number of hydrogen-bond acceptors (Lipinski definition) is 2. The van der Waals surface area contributed by atoms with Crippen molar-refractivity contribution < 1.29 is 0 Å². The molecule has 3 unspecified atom stereocenters. The van der Waals surface area contributed by atoms with Crippen LogP contribution in [0.15, 0.2) is 6.07 Å². The molecule has 1 N–H and O–H groups in total. The van der Waals surface area contributed by atoms with Gasteiger partial charge in [-0.1, -0.05) is 20.8 Å². The molecule has 0 amide bonds. The third kappa shape index (κ3) is 3.61. The minimum absolute atomic E-state index is 0.576. The van der Waals surface area contributed by atoms with Crippen molar-refractivity contribution in [3.05, 3.63) is 21.4 Å². The second-order valence-electron chi connectivity index (χ2n) is 6.60. The predicted octanol–water partition coefficient (Wildman–Crippen LogP) is 5.09. The van der Waals surface area contributed by atoms with Crippen LogP contribution in [0.4, 0.5) is 0 Å². The average Bonchev–Trinajstić information content (AvgIpc) is 2.65. The van der Waals surface area contributed by atoms with E-state index in [0.717, 1.165) is 24.3 Å². The fourth-order valence-electron chi connectivity index (χ4n) is 3.76. The molecule has 0 radical (unpaired) electrons. The largest absolute Gasteiger partial charge is 0.309 e. The van der Waals surface area contributed by atoms with Gasteiger partial charge in [0.05, 0.1) is 0 Å². The second-order valence-corrected chi connectivity index (χ2v) is 7.89. The molecular formula is C17H29NS. The number of aryl methyl sites for hydroxylation is 2. The Morgan fingerprint density at radius 1 is 1.21 bits per heavy atom. The van der Waals surface area contributed by atoms with Crippen LogP contribution >= 0.6 is 11.3 Å². The smallest absolute Gasteiger partial charge is 0.0443 e. The molecule has 1 aromatic heterocycles. The summed E-state index contributed by atoms with van der Waals surface area (Å²) in [4.78, 5) is 3.04. The van der Waals surface area contributed by atoms with E-state index in [0.29, 0.717) is 6.04 Å². The van der Waals surface area contributed by atoms with Gasteiger partial charge in [-0.3, -0.25) is 0 Å². The predicted molar refractivity (Wildman–Crippen MR) is 85.9 cm³/mol. The van der Waals surface area contributed by atoms with Crippen LogP contribution in [0.25, 0.3) is 0 Å². The molecule has 3 atom stereocenters. The molecule has 2 heteroatoms. The Kier molecular flexibility index (Phi) is 5.08. The van der Waals surface area contributed by atoms with Crippen molar-refractivity contribution >= 4 is 11.3 Å². The number of rotatable bonds is 4. The van der Waals surface area contributed by atoms with Crippen molar-refractivity contribution in [3.63, 3.8) is 0 Å². The minimum atomic E-state index is 0.576. The lowest BCUT2D eigenvalue weighted by atomic mass is 9.73. The van der Waals surface area contributed by atoms with E-state index in [2.05, 4.69) is 46.0 Å². The number of nitrogens with one attached hydrogen (secondary N) is 1. The molecule has 0 aliphatic heterocycles. The highest BCUT2D eigenvalue weighted by molar-refractivity contribution is 7.12. The highest BCUT2D eigenvalue weighted by atomic mass is 32.1. The molecule has 1 heterocycles. The molecule has 1 aromatic rings. The maximum atomic E-state index is 3.76. The van der Waals surface area contributed by atoms with Crippen LogP contribution in [0, 0.1) is 31.6 Å². The third-order valence-electron chi connectivity index (χ3n) is 4.60. The summed E-state index contributed by atoms with van der Waals surface area (Å²) < 4.78 is 0. The van der Waals surface area contributed by atoms with Gasteiger partial charge in [0.15, 0.2) is 0 Å². The van der Waals surface area contributed by atoms with Gasteiger partial charge in [0.25, 0.3) is 0 Å². The van der Waals surface area contributed by atoms with Crippen LogP contribution in [-0.4, -0.2) is 6.54 Å². The summed E-state index contributed by atoms with van der Waals surface area (Å²) in [6.45, 7) is 12.6. The van der Waals surface area contributed by atoms with Gasteiger partial charge in [0.1, 0.15) is 0 Å². The Bertz CT molecular complexity index is 380. The first-order valence-electron chi connectivity index (χ1n) is 7.81. The maximum Gasteiger partial charge on any atom is 0.0443 e. The molecule has 1 saturated carbocycles. The Balaban J connectivity index is 2.19. The van der Waals surface area contributed by atoms with Crippen LogP contribution in [0.2, 0.25) is 0 Å². The normalized spacial score (nSPS) is 29.4. The summed E-state index contributed by atoms with van der Waals surface area (Å²) in [6.07, 6.45) is 4.19. The Morgan fingerprint density at radius 2 is 1.84 bits per heavy atom. The van der Waals surface area contributed by atoms with E-state index in [1.54, 1.807) is 4.88 Å². The highest BCUT2D eigenvalue weighted by Gasteiger charge is 2.31. The molecule has 0 spiro atoms. The summed E-state index contributed by atoms with van der Waals surface area (Å²) in [5.41, 5.74) is 1.46. The third-order valence-corrected chi connectivity index (χ3v) is 5.84. The van der Waals surface area contributed by atoms with Gasteiger partial charge in [-0.2, -0.15) is 0 Å². The molecule has 108 valence electrons. The lowest BCUT2D eigenvalue weighted by Gasteiger charge is -2.36. The van der Waals surface area contributed by atoms with E-state index in [4.69, 9.17) is 0 Å². The monoisotopic (exact) mass is 279 g/mol. The summed E-state index contributed by atoms with van der Waals surface area (Å²) in [7, 11) is 0. The fraction of sp³-hybridized carbons (Fsp3) is 0.765. The zero-order valence-corrected chi connectivity index (χ0v) is 13.9. The van der Waals surface area contributed by atoms with Crippen LogP contribution in [-0.2, 0) is 0 Å². The Morgan fingerprint density at radius 3 is 2.32 bits per heavy atom. The molecule has 2 rings (SSSR count). The van der Waals surface area contributed by atoms with Crippen LogP contribution in [0.5, 0.6) is 0 Å². The zero-order valence-electron chi connectivity index (χ0n) is 13.1. The second kappa shape index (κ2) is 6.41. The van der Waals surface area contributed by atoms with Gasteiger partial charge in [-0.05, 0) is 69.0 Å². The van der Waals surface area contributed by atoms with Crippen molar-refractivity contribution in [2.24, 2.45) is 17.8 Å². The number of thiophene rings is 1. The van der Waals surface area contributed by atoms with Crippen molar-refractivity contribution in [1.29, 1.82) is 0 Å². The van der Waals surface area contributed by atoms with Gasteiger partial charge in [-0.15, -0.1) is 11.3 Å². The highest BCUT2D eigenvalue weighted by Crippen LogP contribution is 2.41. The minimum Gasteiger partial charge on any atom is -0.309 e.